The van der Waals surface area contributed by atoms with Crippen LogP contribution in [-0.2, 0) is 27.3 Å². The maximum Gasteiger partial charge on any atom is 0.410 e. The Hall–Kier alpha value is -5.17. The summed E-state index contributed by atoms with van der Waals surface area (Å²) in [6, 6.07) is 19.6. The van der Waals surface area contributed by atoms with Gasteiger partial charge in [0.05, 0.1) is 35.1 Å². The number of amides is 3. The van der Waals surface area contributed by atoms with E-state index in [0.717, 1.165) is 72.3 Å². The molecule has 5 heterocycles. The van der Waals surface area contributed by atoms with Gasteiger partial charge in [-0.1, -0.05) is 59.6 Å². The van der Waals surface area contributed by atoms with E-state index in [9.17, 15) is 14.4 Å². The molecule has 7 rings (SSSR count). The van der Waals surface area contributed by atoms with Crippen molar-refractivity contribution >= 4 is 52.1 Å². The molecule has 59 heavy (non-hydrogen) atoms. The largest absolute Gasteiger partial charge is 0.481 e. The van der Waals surface area contributed by atoms with Crippen LogP contribution in [0.1, 0.15) is 64.5 Å². The van der Waals surface area contributed by atoms with Gasteiger partial charge in [0.25, 0.3) is 0 Å². The summed E-state index contributed by atoms with van der Waals surface area (Å²) in [5, 5.41) is 8.67. The number of fused-ring (bicyclic) bond motifs is 1. The summed E-state index contributed by atoms with van der Waals surface area (Å²) < 4.78 is 11.5. The van der Waals surface area contributed by atoms with E-state index in [1.807, 2.05) is 86.5 Å². The number of methoxy groups -OCH3 is 1. The van der Waals surface area contributed by atoms with Crippen molar-refractivity contribution in [3.8, 4) is 39.5 Å². The number of benzene rings is 2. The van der Waals surface area contributed by atoms with Crippen molar-refractivity contribution in [1.82, 2.24) is 35.4 Å². The first-order chi connectivity index (χ1) is 28.3. The summed E-state index contributed by atoms with van der Waals surface area (Å²) in [5.41, 5.74) is 6.22. The zero-order chi connectivity index (χ0) is 41.8. The Balaban J connectivity index is 1.08. The smallest absolute Gasteiger partial charge is 0.410 e. The highest BCUT2D eigenvalue weighted by Crippen LogP contribution is 2.42. The van der Waals surface area contributed by atoms with Gasteiger partial charge in [0, 0.05) is 84.5 Å². The molecule has 5 aromatic rings. The van der Waals surface area contributed by atoms with E-state index in [1.54, 1.807) is 11.8 Å². The van der Waals surface area contributed by atoms with Gasteiger partial charge in [0.15, 0.2) is 0 Å². The lowest BCUT2D eigenvalue weighted by molar-refractivity contribution is -0.129. The Morgan fingerprint density at radius 3 is 2.15 bits per heavy atom. The monoisotopic (exact) mass is 839 g/mol. The van der Waals surface area contributed by atoms with E-state index in [4.69, 9.17) is 42.6 Å². The van der Waals surface area contributed by atoms with Crippen molar-refractivity contribution in [2.45, 2.75) is 84.0 Å². The van der Waals surface area contributed by atoms with Gasteiger partial charge in [0.2, 0.25) is 17.7 Å². The molecule has 0 unspecified atom stereocenters. The maximum absolute atomic E-state index is 13.3. The van der Waals surface area contributed by atoms with Crippen molar-refractivity contribution < 1.29 is 23.9 Å². The minimum atomic E-state index is -0.697. The third-order valence-electron chi connectivity index (χ3n) is 10.9. The van der Waals surface area contributed by atoms with Crippen LogP contribution in [0, 0.1) is 0 Å². The molecule has 3 aromatic heterocycles. The highest BCUT2D eigenvalue weighted by Gasteiger charge is 2.30. The molecule has 2 aromatic carbocycles. The summed E-state index contributed by atoms with van der Waals surface area (Å²) in [7, 11) is 1.54. The van der Waals surface area contributed by atoms with E-state index in [-0.39, 0.29) is 30.9 Å². The number of carbonyl (C=O) groups excluding carboxylic acids is 3. The fourth-order valence-electron chi connectivity index (χ4n) is 7.84. The molecule has 2 aliphatic rings. The van der Waals surface area contributed by atoms with E-state index in [1.165, 1.54) is 12.7 Å². The summed E-state index contributed by atoms with van der Waals surface area (Å²) in [4.78, 5) is 53.6. The number of pyridine rings is 2. The first kappa shape index (κ1) is 42.0. The summed E-state index contributed by atoms with van der Waals surface area (Å²) in [5.74, 6) is 0.457. The van der Waals surface area contributed by atoms with Crippen LogP contribution in [0.15, 0.2) is 66.9 Å². The minimum Gasteiger partial charge on any atom is -0.481 e. The Kier molecular flexibility index (Phi) is 12.8. The third-order valence-corrected chi connectivity index (χ3v) is 11.7. The predicted molar refractivity (Wildman–Crippen MR) is 232 cm³/mol. The Bertz CT molecular complexity index is 2350. The van der Waals surface area contributed by atoms with E-state index in [0.29, 0.717) is 51.6 Å². The molecule has 0 spiro atoms. The number of piperidine rings is 1. The quantitative estimate of drug-likeness (QED) is 0.114. The number of rotatable bonds is 12. The average molecular weight is 841 g/mol. The number of carbonyl (C=O) groups is 3. The fraction of sp³-hybridized carbons (Fsp3) is 0.400. The van der Waals surface area contributed by atoms with Crippen LogP contribution >= 0.6 is 23.2 Å². The van der Waals surface area contributed by atoms with E-state index >= 15 is 0 Å². The van der Waals surface area contributed by atoms with Gasteiger partial charge in [-0.2, -0.15) is 0 Å². The lowest BCUT2D eigenvalue weighted by atomic mass is 9.98. The second kappa shape index (κ2) is 18.0. The lowest BCUT2D eigenvalue weighted by Gasteiger charge is -2.31. The molecule has 3 amide bonds. The molecule has 0 aliphatic carbocycles. The number of ether oxygens (including phenoxy) is 2. The fourth-order valence-corrected chi connectivity index (χ4v) is 8.49. The first-order valence-corrected chi connectivity index (χ1v) is 20.9. The van der Waals surface area contributed by atoms with Gasteiger partial charge >= 0.3 is 6.09 Å². The van der Waals surface area contributed by atoms with Gasteiger partial charge in [-0.25, -0.2) is 14.8 Å². The van der Waals surface area contributed by atoms with Crippen LogP contribution in [0.5, 0.6) is 5.88 Å². The number of nitrogens with zero attached hydrogens (tertiary/aromatic N) is 4. The number of aromatic nitrogens is 3. The molecule has 0 radical (unpaired) electrons. The summed E-state index contributed by atoms with van der Waals surface area (Å²) in [6.45, 7) is 9.99. The van der Waals surface area contributed by atoms with Crippen LogP contribution in [0.25, 0.3) is 44.7 Å². The molecule has 2 fully saturated rings. The van der Waals surface area contributed by atoms with E-state index in [2.05, 4.69) is 21.7 Å². The van der Waals surface area contributed by atoms with Gasteiger partial charge in [-0.15, -0.1) is 0 Å². The van der Waals surface area contributed by atoms with Crippen LogP contribution in [0.3, 0.4) is 0 Å². The van der Waals surface area contributed by atoms with Crippen LogP contribution in [0.4, 0.5) is 4.79 Å². The minimum absolute atomic E-state index is 0.0288. The first-order valence-electron chi connectivity index (χ1n) is 20.1. The molecule has 2 aliphatic heterocycles. The van der Waals surface area contributed by atoms with Crippen molar-refractivity contribution in [3.63, 3.8) is 0 Å². The molecule has 12 nitrogen and oxygen atoms in total. The highest BCUT2D eigenvalue weighted by molar-refractivity contribution is 6.39. The second-order valence-electron chi connectivity index (χ2n) is 16.3. The molecule has 3 N–H and O–H groups in total. The average Bonchev–Trinajstić information content (AvgIpc) is 3.82. The van der Waals surface area contributed by atoms with Crippen LogP contribution in [0.2, 0.25) is 10.0 Å². The molecule has 310 valence electrons. The number of likely N-dealkylation sites (tertiary alicyclic amines) is 1. The van der Waals surface area contributed by atoms with Crippen LogP contribution in [-0.4, -0.2) is 93.6 Å². The maximum atomic E-state index is 13.3. The molecule has 0 saturated carbocycles. The molecular weight excluding hydrogens is 789 g/mol. The predicted octanol–water partition coefficient (Wildman–Crippen LogP) is 8.43. The van der Waals surface area contributed by atoms with Crippen molar-refractivity contribution in [2.24, 2.45) is 0 Å². The highest BCUT2D eigenvalue weighted by atomic mass is 35.5. The number of hydrogen-bond acceptors (Lipinski definition) is 8. The zero-order valence-electron chi connectivity index (χ0n) is 34.2. The Labute approximate surface area is 355 Å². The van der Waals surface area contributed by atoms with Gasteiger partial charge in [-0.05, 0) is 82.8 Å². The molecule has 2 saturated heterocycles. The normalized spacial score (nSPS) is 16.0. The van der Waals surface area contributed by atoms with Crippen molar-refractivity contribution in [2.75, 3.05) is 33.3 Å². The van der Waals surface area contributed by atoms with Gasteiger partial charge in [-0.3, -0.25) is 9.59 Å². The lowest BCUT2D eigenvalue weighted by Crippen LogP contribution is -2.44. The number of halogens is 2. The summed E-state index contributed by atoms with van der Waals surface area (Å²) in [6.07, 6.45) is 5.38. The summed E-state index contributed by atoms with van der Waals surface area (Å²) >= 11 is 14.4. The number of hydrogen-bond donors (Lipinski definition) is 3. The molecule has 14 heteroatoms. The van der Waals surface area contributed by atoms with Gasteiger partial charge in [0.1, 0.15) is 11.2 Å². The van der Waals surface area contributed by atoms with E-state index < -0.39 is 11.7 Å². The van der Waals surface area contributed by atoms with Gasteiger partial charge < -0.3 is 34.9 Å². The Morgan fingerprint density at radius 1 is 0.898 bits per heavy atom. The zero-order valence-corrected chi connectivity index (χ0v) is 35.7. The second-order valence-corrected chi connectivity index (χ2v) is 17.0. The van der Waals surface area contributed by atoms with Crippen LogP contribution < -0.4 is 15.4 Å². The van der Waals surface area contributed by atoms with Crippen molar-refractivity contribution in [3.05, 3.63) is 88.0 Å². The number of nitrogens with one attached hydrogen (secondary N) is 3. The standard InChI is InChI=1S/C45H51Cl2N7O5/c1-27(55)53-22-19-30(20-23-53)48-21-18-28-24-49-42-32(28)14-16-37(51-42)35-10-6-8-33(40(35)46)34-9-7-11-36(41(34)47)38-15-12-29(43(52-38)58-5)25-54(44(57)59-45(2,3)4)26-31-13-17-39(56)50-31/h6-12,14-16,24,30-31,48H,13,17-23,25-26H2,1-5H3,(H,49,51)(H,50,56)/t31-/m0/s1. The SMILES string of the molecule is COc1nc(-c2cccc(-c3cccc(-c4ccc5c(CCNC6CCN(C(C)=O)CC6)c[nH]c5n4)c3Cl)c2Cl)ccc1CN(C[C@@H]1CCC(=O)N1)C(=O)OC(C)(C)C. The third kappa shape index (κ3) is 9.83. The van der Waals surface area contributed by atoms with Crippen molar-refractivity contribution in [1.29, 1.82) is 0 Å². The number of aromatic amines is 1. The molecule has 0 bridgehead atoms. The Morgan fingerprint density at radius 2 is 1.54 bits per heavy atom. The topological polar surface area (TPSA) is 142 Å². The molecular formula is C45H51Cl2N7O5. The molecule has 1 atom stereocenters. The number of H-pyrrole nitrogens is 1.